The van der Waals surface area contributed by atoms with Gasteiger partial charge in [0.15, 0.2) is 0 Å². The number of aryl methyl sites for hydroxylation is 2. The van der Waals surface area contributed by atoms with Crippen LogP contribution in [0.25, 0.3) is 0 Å². The van der Waals surface area contributed by atoms with Crippen LogP contribution in [-0.2, 0) is 32.5 Å². The quantitative estimate of drug-likeness (QED) is 0.495. The summed E-state index contributed by atoms with van der Waals surface area (Å²) >= 11 is 1.65. The molecule has 0 saturated heterocycles. The van der Waals surface area contributed by atoms with Gasteiger partial charge in [-0.05, 0) is 47.3 Å². The summed E-state index contributed by atoms with van der Waals surface area (Å²) in [4.78, 5) is 1.11. The van der Waals surface area contributed by atoms with Crippen LogP contribution in [0.2, 0.25) is 0 Å². The summed E-state index contributed by atoms with van der Waals surface area (Å²) in [7, 11) is 0. The fourth-order valence-corrected chi connectivity index (χ4v) is 4.99. The minimum absolute atomic E-state index is 0. The topological polar surface area (TPSA) is 40.5 Å². The average Bonchev–Trinajstić information content (AvgIpc) is 3.12. The molecule has 2 N–H and O–H groups in total. The Morgan fingerprint density at radius 1 is 0.727 bits per heavy atom. The van der Waals surface area contributed by atoms with Crippen LogP contribution in [0.15, 0.2) is 41.8 Å². The molecule has 3 rings (SSSR count). The normalized spacial score (nSPS) is 11.4. The molecule has 0 atom stereocenters. The Kier molecular flexibility index (Phi) is 11.3. The molecular formula is C27H34Cl2O2STi. The molecule has 0 saturated carbocycles. The fourth-order valence-electron chi connectivity index (χ4n) is 4.13. The van der Waals surface area contributed by atoms with Gasteiger partial charge in [0.1, 0.15) is 11.5 Å². The summed E-state index contributed by atoms with van der Waals surface area (Å²) in [6.07, 6.45) is 0. The molecule has 0 aliphatic heterocycles. The van der Waals surface area contributed by atoms with E-state index in [2.05, 4.69) is 91.1 Å². The van der Waals surface area contributed by atoms with Gasteiger partial charge >= 0.3 is 21.7 Å². The van der Waals surface area contributed by atoms with Gasteiger partial charge in [0.25, 0.3) is 0 Å². The van der Waals surface area contributed by atoms with E-state index in [4.69, 9.17) is 0 Å². The van der Waals surface area contributed by atoms with E-state index in [1.807, 2.05) is 6.07 Å². The zero-order chi connectivity index (χ0) is 22.4. The van der Waals surface area contributed by atoms with Crippen LogP contribution in [-0.4, -0.2) is 10.2 Å². The maximum Gasteiger partial charge on any atom is 2.00 e. The molecule has 0 radical (unpaired) electrons. The SMILES string of the molecule is Cc1cc(C(c2cccs2)c2cc(C)cc(C(C)(C)C)c2O)c(O)c(C(C)(C)C)c1.[Cl-].[Cl-].[Ti+2]. The van der Waals surface area contributed by atoms with Gasteiger partial charge < -0.3 is 35.0 Å². The summed E-state index contributed by atoms with van der Waals surface area (Å²) in [6.45, 7) is 16.8. The van der Waals surface area contributed by atoms with Gasteiger partial charge in [-0.15, -0.1) is 11.3 Å². The molecule has 0 aliphatic carbocycles. The number of rotatable bonds is 3. The maximum absolute atomic E-state index is 11.4. The molecule has 1 aromatic heterocycles. The van der Waals surface area contributed by atoms with Crippen molar-refractivity contribution in [2.75, 3.05) is 0 Å². The Labute approximate surface area is 230 Å². The number of hydrogen-bond acceptors (Lipinski definition) is 3. The predicted molar refractivity (Wildman–Crippen MR) is 128 cm³/mol. The first-order chi connectivity index (χ1) is 13.8. The first-order valence-corrected chi connectivity index (χ1v) is 11.4. The molecule has 3 aromatic rings. The van der Waals surface area contributed by atoms with Crippen LogP contribution < -0.4 is 24.8 Å². The van der Waals surface area contributed by atoms with Crippen LogP contribution in [0, 0.1) is 13.8 Å². The number of halogens is 2. The first kappa shape index (κ1) is 32.0. The number of benzene rings is 2. The third kappa shape index (κ3) is 6.80. The second kappa shape index (κ2) is 11.6. The van der Waals surface area contributed by atoms with Gasteiger partial charge in [-0.3, -0.25) is 0 Å². The Hall–Kier alpha value is -0.966. The van der Waals surface area contributed by atoms with Crippen molar-refractivity contribution in [1.29, 1.82) is 0 Å². The third-order valence-corrected chi connectivity index (χ3v) is 6.57. The number of thiophene rings is 1. The second-order valence-corrected chi connectivity index (χ2v) is 11.4. The summed E-state index contributed by atoms with van der Waals surface area (Å²) in [5.41, 5.74) is 5.41. The van der Waals surface area contributed by atoms with Crippen molar-refractivity contribution < 1.29 is 56.7 Å². The monoisotopic (exact) mass is 540 g/mol. The van der Waals surface area contributed by atoms with Gasteiger partial charge in [0.05, 0.1) is 5.92 Å². The van der Waals surface area contributed by atoms with Crippen molar-refractivity contribution >= 4 is 11.3 Å². The smallest absolute Gasteiger partial charge is 1.00 e. The van der Waals surface area contributed by atoms with Crippen molar-refractivity contribution in [1.82, 2.24) is 0 Å². The molecule has 178 valence electrons. The molecule has 0 fully saturated rings. The van der Waals surface area contributed by atoms with Crippen molar-refractivity contribution in [2.24, 2.45) is 0 Å². The van der Waals surface area contributed by atoms with Crippen LogP contribution in [0.1, 0.15) is 85.7 Å². The molecule has 33 heavy (non-hydrogen) atoms. The molecule has 0 aliphatic rings. The average molecular weight is 541 g/mol. The standard InChI is InChI=1S/C27H34O2S.2ClH.Ti/c1-16-12-18(24(28)20(14-16)26(3,4)5)23(22-10-9-11-30-22)19-13-17(2)15-21(25(19)29)27(6,7)8;;;/h9-15,23,28-29H,1-8H3;2*1H;/q;;;+2/p-2. The van der Waals surface area contributed by atoms with E-state index < -0.39 is 0 Å². The first-order valence-electron chi connectivity index (χ1n) is 10.5. The van der Waals surface area contributed by atoms with E-state index >= 15 is 0 Å². The van der Waals surface area contributed by atoms with Crippen molar-refractivity contribution in [3.05, 3.63) is 80.0 Å². The van der Waals surface area contributed by atoms with E-state index in [-0.39, 0.29) is 63.3 Å². The summed E-state index contributed by atoms with van der Waals surface area (Å²) in [5.74, 6) is 0.418. The van der Waals surface area contributed by atoms with E-state index in [0.29, 0.717) is 11.5 Å². The molecule has 2 nitrogen and oxygen atoms in total. The molecule has 1 heterocycles. The molecule has 2 aromatic carbocycles. The number of phenols is 2. The Morgan fingerprint density at radius 3 is 1.42 bits per heavy atom. The minimum atomic E-state index is -0.230. The molecule has 0 amide bonds. The number of phenolic OH excluding ortho intramolecular Hbond substituents is 2. The van der Waals surface area contributed by atoms with Crippen molar-refractivity contribution in [3.63, 3.8) is 0 Å². The van der Waals surface area contributed by atoms with Gasteiger partial charge in [-0.2, -0.15) is 0 Å². The zero-order valence-electron chi connectivity index (χ0n) is 20.7. The van der Waals surface area contributed by atoms with Crippen LogP contribution in [0.5, 0.6) is 11.5 Å². The molecule has 6 heteroatoms. The van der Waals surface area contributed by atoms with Gasteiger partial charge in [0.2, 0.25) is 0 Å². The van der Waals surface area contributed by atoms with E-state index in [1.165, 1.54) is 0 Å². The molecule has 0 spiro atoms. The minimum Gasteiger partial charge on any atom is -1.00 e. The van der Waals surface area contributed by atoms with Gasteiger partial charge in [-0.25, -0.2) is 0 Å². The van der Waals surface area contributed by atoms with Gasteiger partial charge in [0, 0.05) is 16.0 Å². The van der Waals surface area contributed by atoms with Crippen LogP contribution in [0.4, 0.5) is 0 Å². The third-order valence-electron chi connectivity index (χ3n) is 5.63. The largest absolute Gasteiger partial charge is 2.00 e. The number of hydrogen-bond donors (Lipinski definition) is 2. The Bertz CT molecular complexity index is 996. The summed E-state index contributed by atoms with van der Waals surface area (Å²) in [6, 6.07) is 12.4. The number of aromatic hydroxyl groups is 2. The van der Waals surface area contributed by atoms with E-state index in [1.54, 1.807) is 11.3 Å². The van der Waals surface area contributed by atoms with Crippen molar-refractivity contribution in [3.8, 4) is 11.5 Å². The van der Waals surface area contributed by atoms with E-state index in [0.717, 1.165) is 38.3 Å². The summed E-state index contributed by atoms with van der Waals surface area (Å²) in [5, 5.41) is 24.8. The summed E-state index contributed by atoms with van der Waals surface area (Å²) < 4.78 is 0. The fraction of sp³-hybridized carbons (Fsp3) is 0.407. The van der Waals surface area contributed by atoms with Crippen LogP contribution >= 0.6 is 11.3 Å². The molecule has 0 bridgehead atoms. The maximum atomic E-state index is 11.4. The predicted octanol–water partition coefficient (Wildman–Crippen LogP) is 1.56. The zero-order valence-corrected chi connectivity index (χ0v) is 24.6. The Balaban J connectivity index is 0.00000341. The molecular weight excluding hydrogens is 507 g/mol. The second-order valence-electron chi connectivity index (χ2n) is 10.4. The Morgan fingerprint density at radius 2 is 1.12 bits per heavy atom. The van der Waals surface area contributed by atoms with E-state index in [9.17, 15) is 10.2 Å². The van der Waals surface area contributed by atoms with Gasteiger partial charge in [-0.1, -0.05) is 83.0 Å². The van der Waals surface area contributed by atoms with Crippen molar-refractivity contribution in [2.45, 2.75) is 72.1 Å². The van der Waals surface area contributed by atoms with Crippen LogP contribution in [0.3, 0.4) is 0 Å². The molecule has 0 unspecified atom stereocenters.